The van der Waals surface area contributed by atoms with E-state index in [4.69, 9.17) is 0 Å². The van der Waals surface area contributed by atoms with Gasteiger partial charge in [0.15, 0.2) is 0 Å². The van der Waals surface area contributed by atoms with Gasteiger partial charge in [-0.05, 0) is 25.3 Å². The molecule has 0 radical (unpaired) electrons. The zero-order chi connectivity index (χ0) is 11.3. The van der Waals surface area contributed by atoms with E-state index in [0.717, 1.165) is 38.9 Å². The molecule has 0 spiro atoms. The molecule has 3 nitrogen and oxygen atoms in total. The molecule has 1 fully saturated rings. The van der Waals surface area contributed by atoms with Crippen LogP contribution in [0.1, 0.15) is 33.1 Å². The van der Waals surface area contributed by atoms with Crippen molar-refractivity contribution in [3.05, 3.63) is 0 Å². The van der Waals surface area contributed by atoms with Crippen molar-refractivity contribution in [1.82, 2.24) is 10.2 Å². The van der Waals surface area contributed by atoms with Crippen LogP contribution in [0.3, 0.4) is 0 Å². The first-order valence-electron chi connectivity index (χ1n) is 6.10. The molecule has 1 aliphatic heterocycles. The molecule has 1 aliphatic rings. The number of nitrogens with one attached hydrogen (secondary N) is 1. The average Bonchev–Trinajstić information content (AvgIpc) is 2.29. The molecule has 0 aromatic rings. The molecule has 1 heterocycles. The zero-order valence-corrected chi connectivity index (χ0v) is 10.3. The quantitative estimate of drug-likeness (QED) is 0.766. The van der Waals surface area contributed by atoms with Crippen molar-refractivity contribution in [2.45, 2.75) is 33.1 Å². The number of rotatable bonds is 4. The van der Waals surface area contributed by atoms with Gasteiger partial charge in [0.25, 0.3) is 0 Å². The van der Waals surface area contributed by atoms with Crippen LogP contribution in [-0.2, 0) is 4.79 Å². The van der Waals surface area contributed by atoms with Gasteiger partial charge < -0.3 is 10.2 Å². The lowest BCUT2D eigenvalue weighted by Gasteiger charge is -2.28. The summed E-state index contributed by atoms with van der Waals surface area (Å²) < 4.78 is 0. The fourth-order valence-electron chi connectivity index (χ4n) is 2.06. The van der Waals surface area contributed by atoms with E-state index in [1.54, 1.807) is 0 Å². The maximum absolute atomic E-state index is 12.0. The lowest BCUT2D eigenvalue weighted by Crippen LogP contribution is -2.42. The Morgan fingerprint density at radius 1 is 1.60 bits per heavy atom. The summed E-state index contributed by atoms with van der Waals surface area (Å²) in [4.78, 5) is 13.9. The van der Waals surface area contributed by atoms with E-state index in [1.807, 2.05) is 11.9 Å². The van der Waals surface area contributed by atoms with E-state index in [2.05, 4.69) is 19.2 Å². The Balaban J connectivity index is 2.37. The van der Waals surface area contributed by atoms with Gasteiger partial charge in [-0.25, -0.2) is 0 Å². The minimum Gasteiger partial charge on any atom is -0.345 e. The molecule has 0 aromatic heterocycles. The van der Waals surface area contributed by atoms with Crippen LogP contribution >= 0.6 is 0 Å². The average molecular weight is 212 g/mol. The second-order valence-electron chi connectivity index (χ2n) is 4.78. The summed E-state index contributed by atoms with van der Waals surface area (Å²) in [5.74, 6) is 1.14. The van der Waals surface area contributed by atoms with E-state index in [1.165, 1.54) is 0 Å². The Kier molecular flexibility index (Phi) is 5.09. The first-order valence-corrected chi connectivity index (χ1v) is 6.10. The third-order valence-corrected chi connectivity index (χ3v) is 3.30. The minimum absolute atomic E-state index is 0.216. The van der Waals surface area contributed by atoms with Gasteiger partial charge in [-0.3, -0.25) is 4.79 Å². The molecule has 1 rings (SSSR count). The summed E-state index contributed by atoms with van der Waals surface area (Å²) in [6.07, 6.45) is 3.32. The van der Waals surface area contributed by atoms with Crippen LogP contribution in [0, 0.1) is 11.8 Å². The van der Waals surface area contributed by atoms with E-state index in [-0.39, 0.29) is 5.92 Å². The van der Waals surface area contributed by atoms with Crippen LogP contribution in [0.5, 0.6) is 0 Å². The minimum atomic E-state index is 0.216. The van der Waals surface area contributed by atoms with Crippen molar-refractivity contribution in [2.24, 2.45) is 11.8 Å². The molecular weight excluding hydrogens is 188 g/mol. The van der Waals surface area contributed by atoms with Gasteiger partial charge in [0.1, 0.15) is 0 Å². The van der Waals surface area contributed by atoms with Crippen molar-refractivity contribution in [2.75, 3.05) is 26.7 Å². The molecule has 1 amide bonds. The van der Waals surface area contributed by atoms with Crippen LogP contribution in [0.15, 0.2) is 0 Å². The first-order chi connectivity index (χ1) is 7.15. The number of hydrogen-bond donors (Lipinski definition) is 1. The molecule has 1 saturated heterocycles. The molecule has 0 saturated carbocycles. The normalized spacial score (nSPS) is 23.5. The number of amides is 1. The van der Waals surface area contributed by atoms with Gasteiger partial charge in [-0.1, -0.05) is 20.3 Å². The van der Waals surface area contributed by atoms with Crippen molar-refractivity contribution in [1.29, 1.82) is 0 Å². The number of hydrogen-bond acceptors (Lipinski definition) is 2. The standard InChI is InChI=1S/C12H24N2O/c1-4-10(2)9-14(3)12(15)11-6-5-7-13-8-11/h10-11,13H,4-9H2,1-3H3. The molecule has 15 heavy (non-hydrogen) atoms. The molecular formula is C12H24N2O. The Hall–Kier alpha value is -0.570. The summed E-state index contributed by atoms with van der Waals surface area (Å²) in [6.45, 7) is 7.20. The smallest absolute Gasteiger partial charge is 0.226 e. The molecule has 2 unspecified atom stereocenters. The fraction of sp³-hybridized carbons (Fsp3) is 0.917. The third kappa shape index (κ3) is 3.82. The van der Waals surface area contributed by atoms with Gasteiger partial charge >= 0.3 is 0 Å². The van der Waals surface area contributed by atoms with Gasteiger partial charge in [0, 0.05) is 20.1 Å². The van der Waals surface area contributed by atoms with Gasteiger partial charge in [0.05, 0.1) is 5.92 Å². The summed E-state index contributed by atoms with van der Waals surface area (Å²) >= 11 is 0. The SMILES string of the molecule is CCC(C)CN(C)C(=O)C1CCCNC1. The zero-order valence-electron chi connectivity index (χ0n) is 10.3. The summed E-state index contributed by atoms with van der Waals surface area (Å²) in [7, 11) is 1.93. The Morgan fingerprint density at radius 2 is 2.33 bits per heavy atom. The Morgan fingerprint density at radius 3 is 2.87 bits per heavy atom. The lowest BCUT2D eigenvalue weighted by molar-refractivity contribution is -0.135. The van der Waals surface area contributed by atoms with Crippen LogP contribution in [0.2, 0.25) is 0 Å². The third-order valence-electron chi connectivity index (χ3n) is 3.30. The second-order valence-corrected chi connectivity index (χ2v) is 4.78. The highest BCUT2D eigenvalue weighted by Crippen LogP contribution is 2.14. The van der Waals surface area contributed by atoms with Crippen LogP contribution < -0.4 is 5.32 Å². The molecule has 0 aliphatic carbocycles. The highest BCUT2D eigenvalue weighted by Gasteiger charge is 2.24. The second kappa shape index (κ2) is 6.11. The fourth-order valence-corrected chi connectivity index (χ4v) is 2.06. The van der Waals surface area contributed by atoms with Gasteiger partial charge in [-0.2, -0.15) is 0 Å². The maximum atomic E-state index is 12.0. The Labute approximate surface area is 93.2 Å². The molecule has 3 heteroatoms. The highest BCUT2D eigenvalue weighted by atomic mass is 16.2. The number of carbonyl (C=O) groups is 1. The van der Waals surface area contributed by atoms with Crippen LogP contribution in [0.25, 0.3) is 0 Å². The van der Waals surface area contributed by atoms with Crippen molar-refractivity contribution < 1.29 is 4.79 Å². The van der Waals surface area contributed by atoms with Crippen molar-refractivity contribution >= 4 is 5.91 Å². The molecule has 1 N–H and O–H groups in total. The maximum Gasteiger partial charge on any atom is 0.226 e. The summed E-state index contributed by atoms with van der Waals surface area (Å²) in [6, 6.07) is 0. The van der Waals surface area contributed by atoms with Crippen molar-refractivity contribution in [3.8, 4) is 0 Å². The number of piperidine rings is 1. The Bertz CT molecular complexity index is 200. The van der Waals surface area contributed by atoms with Crippen molar-refractivity contribution in [3.63, 3.8) is 0 Å². The monoisotopic (exact) mass is 212 g/mol. The van der Waals surface area contributed by atoms with E-state index < -0.39 is 0 Å². The van der Waals surface area contributed by atoms with E-state index in [0.29, 0.717) is 11.8 Å². The molecule has 2 atom stereocenters. The van der Waals surface area contributed by atoms with Gasteiger partial charge in [-0.15, -0.1) is 0 Å². The van der Waals surface area contributed by atoms with Crippen LogP contribution in [0.4, 0.5) is 0 Å². The van der Waals surface area contributed by atoms with E-state index >= 15 is 0 Å². The largest absolute Gasteiger partial charge is 0.345 e. The predicted molar refractivity (Wildman–Crippen MR) is 62.7 cm³/mol. The van der Waals surface area contributed by atoms with Gasteiger partial charge in [0.2, 0.25) is 5.91 Å². The predicted octanol–water partition coefficient (Wildman–Crippen LogP) is 1.49. The molecule has 88 valence electrons. The van der Waals surface area contributed by atoms with Crippen LogP contribution in [-0.4, -0.2) is 37.5 Å². The topological polar surface area (TPSA) is 32.3 Å². The molecule has 0 bridgehead atoms. The highest BCUT2D eigenvalue weighted by molar-refractivity contribution is 5.78. The summed E-state index contributed by atoms with van der Waals surface area (Å²) in [5, 5.41) is 3.29. The molecule has 0 aromatic carbocycles. The van der Waals surface area contributed by atoms with E-state index in [9.17, 15) is 4.79 Å². The number of carbonyl (C=O) groups excluding carboxylic acids is 1. The lowest BCUT2D eigenvalue weighted by atomic mass is 9.97. The first kappa shape index (κ1) is 12.5. The summed E-state index contributed by atoms with van der Waals surface area (Å²) in [5.41, 5.74) is 0. The number of nitrogens with zero attached hydrogens (tertiary/aromatic N) is 1.